The fourth-order valence-electron chi connectivity index (χ4n) is 4.17. The Labute approximate surface area is 177 Å². The van der Waals surface area contributed by atoms with E-state index in [1.807, 2.05) is 35.5 Å². The maximum atomic E-state index is 6.02. The molecule has 0 radical (unpaired) electrons. The number of aliphatic imine (C=N–C) groups is 1. The zero-order valence-corrected chi connectivity index (χ0v) is 18.3. The Morgan fingerprint density at radius 2 is 2.24 bits per heavy atom. The Hall–Kier alpha value is -1.90. The second-order valence-electron chi connectivity index (χ2n) is 7.72. The first-order valence-electron chi connectivity index (χ1n) is 10.7. The summed E-state index contributed by atoms with van der Waals surface area (Å²) in [6.45, 7) is 8.49. The van der Waals surface area contributed by atoms with Crippen molar-refractivity contribution in [2.75, 3.05) is 45.9 Å². The molecule has 0 amide bonds. The molecule has 2 saturated heterocycles. The molecule has 2 aliphatic rings. The molecule has 2 atom stereocenters. The molecule has 2 aromatic rings. The van der Waals surface area contributed by atoms with E-state index in [2.05, 4.69) is 44.7 Å². The zero-order chi connectivity index (χ0) is 20.1. The summed E-state index contributed by atoms with van der Waals surface area (Å²) in [6, 6.07) is 4.78. The summed E-state index contributed by atoms with van der Waals surface area (Å²) in [5, 5.41) is 9.98. The van der Waals surface area contributed by atoms with Crippen molar-refractivity contribution in [3.05, 3.63) is 40.3 Å². The van der Waals surface area contributed by atoms with Gasteiger partial charge in [0.15, 0.2) is 5.96 Å². The predicted molar refractivity (Wildman–Crippen MR) is 117 cm³/mol. The van der Waals surface area contributed by atoms with Gasteiger partial charge in [-0.25, -0.2) is 0 Å². The van der Waals surface area contributed by atoms with Crippen molar-refractivity contribution in [1.29, 1.82) is 0 Å². The van der Waals surface area contributed by atoms with Crippen molar-refractivity contribution < 1.29 is 4.74 Å². The van der Waals surface area contributed by atoms with E-state index >= 15 is 0 Å². The van der Waals surface area contributed by atoms with Gasteiger partial charge in [-0.1, -0.05) is 6.07 Å². The second-order valence-corrected chi connectivity index (χ2v) is 8.70. The van der Waals surface area contributed by atoms with Crippen LogP contribution in [0, 0.1) is 0 Å². The van der Waals surface area contributed by atoms with Crippen molar-refractivity contribution in [3.8, 4) is 0 Å². The molecule has 4 heterocycles. The Kier molecular flexibility index (Phi) is 6.84. The minimum atomic E-state index is 0.0352. The van der Waals surface area contributed by atoms with Crippen LogP contribution in [0.25, 0.3) is 0 Å². The normalized spacial score (nSPS) is 22.2. The van der Waals surface area contributed by atoms with Gasteiger partial charge in [0, 0.05) is 36.8 Å². The van der Waals surface area contributed by atoms with Crippen LogP contribution in [0.3, 0.4) is 0 Å². The number of rotatable bonds is 6. The summed E-state index contributed by atoms with van der Waals surface area (Å²) in [6.07, 6.45) is 6.56. The minimum Gasteiger partial charge on any atom is -0.370 e. The third-order valence-electron chi connectivity index (χ3n) is 5.66. The molecule has 158 valence electrons. The number of thiophene rings is 1. The summed E-state index contributed by atoms with van der Waals surface area (Å²) < 4.78 is 7.85. The topological polar surface area (TPSA) is 57.9 Å². The SMILES string of the molecule is CCNC(=NCC(c1cccs1)N1CCCC1)N1CCOC(c2cnn(C)c2)C1. The lowest BCUT2D eigenvalue weighted by Crippen LogP contribution is -2.48. The third-order valence-corrected chi connectivity index (χ3v) is 6.64. The molecule has 2 aromatic heterocycles. The van der Waals surface area contributed by atoms with Gasteiger partial charge in [0.05, 0.1) is 31.9 Å². The van der Waals surface area contributed by atoms with Crippen LogP contribution in [0.2, 0.25) is 0 Å². The number of aromatic nitrogens is 2. The lowest BCUT2D eigenvalue weighted by molar-refractivity contribution is -0.00808. The average molecular weight is 417 g/mol. The molecule has 2 aliphatic heterocycles. The van der Waals surface area contributed by atoms with Crippen LogP contribution in [0.4, 0.5) is 0 Å². The van der Waals surface area contributed by atoms with Crippen molar-refractivity contribution in [1.82, 2.24) is 24.9 Å². The van der Waals surface area contributed by atoms with Gasteiger partial charge in [0.2, 0.25) is 0 Å². The maximum absolute atomic E-state index is 6.02. The molecule has 2 unspecified atom stereocenters. The molecule has 29 heavy (non-hydrogen) atoms. The van der Waals surface area contributed by atoms with Gasteiger partial charge in [0.25, 0.3) is 0 Å². The highest BCUT2D eigenvalue weighted by atomic mass is 32.1. The number of nitrogens with zero attached hydrogens (tertiary/aromatic N) is 5. The van der Waals surface area contributed by atoms with Crippen LogP contribution >= 0.6 is 11.3 Å². The summed E-state index contributed by atoms with van der Waals surface area (Å²) >= 11 is 1.84. The summed E-state index contributed by atoms with van der Waals surface area (Å²) in [5.74, 6) is 0.991. The molecular formula is C21H32N6OS. The molecule has 0 saturated carbocycles. The Balaban J connectivity index is 1.48. The van der Waals surface area contributed by atoms with Crippen molar-refractivity contribution in [3.63, 3.8) is 0 Å². The largest absolute Gasteiger partial charge is 0.370 e. The first kappa shape index (κ1) is 20.4. The van der Waals surface area contributed by atoms with Crippen molar-refractivity contribution >= 4 is 17.3 Å². The number of hydrogen-bond donors (Lipinski definition) is 1. The fourth-order valence-corrected chi connectivity index (χ4v) is 5.02. The molecule has 2 fully saturated rings. The monoisotopic (exact) mass is 416 g/mol. The number of aryl methyl sites for hydroxylation is 1. The van der Waals surface area contributed by atoms with Crippen LogP contribution < -0.4 is 5.32 Å². The van der Waals surface area contributed by atoms with Crippen molar-refractivity contribution in [2.45, 2.75) is 31.9 Å². The van der Waals surface area contributed by atoms with Gasteiger partial charge in [-0.15, -0.1) is 11.3 Å². The minimum absolute atomic E-state index is 0.0352. The van der Waals surface area contributed by atoms with E-state index in [1.165, 1.54) is 30.8 Å². The summed E-state index contributed by atoms with van der Waals surface area (Å²) in [4.78, 5) is 11.4. The van der Waals surface area contributed by atoms with Crippen LogP contribution in [0.1, 0.15) is 42.4 Å². The quantitative estimate of drug-likeness (QED) is 0.580. The van der Waals surface area contributed by atoms with E-state index < -0.39 is 0 Å². The Morgan fingerprint density at radius 3 is 2.93 bits per heavy atom. The fraction of sp³-hybridized carbons (Fsp3) is 0.619. The number of guanidine groups is 1. The van der Waals surface area contributed by atoms with Crippen LogP contribution in [-0.4, -0.2) is 71.4 Å². The first-order chi connectivity index (χ1) is 14.2. The van der Waals surface area contributed by atoms with E-state index in [1.54, 1.807) is 0 Å². The molecule has 0 spiro atoms. The highest BCUT2D eigenvalue weighted by Gasteiger charge is 2.27. The van der Waals surface area contributed by atoms with E-state index in [9.17, 15) is 0 Å². The number of likely N-dealkylation sites (tertiary alicyclic amines) is 1. The molecule has 0 aliphatic carbocycles. The maximum Gasteiger partial charge on any atom is 0.194 e. The van der Waals surface area contributed by atoms with Crippen molar-refractivity contribution in [2.24, 2.45) is 12.0 Å². The Bertz CT molecular complexity index is 783. The molecule has 7 nitrogen and oxygen atoms in total. The van der Waals surface area contributed by atoms with Gasteiger partial charge in [0.1, 0.15) is 6.10 Å². The van der Waals surface area contributed by atoms with Gasteiger partial charge >= 0.3 is 0 Å². The summed E-state index contributed by atoms with van der Waals surface area (Å²) in [5.41, 5.74) is 1.13. The predicted octanol–water partition coefficient (Wildman–Crippen LogP) is 2.66. The molecular weight excluding hydrogens is 384 g/mol. The smallest absolute Gasteiger partial charge is 0.194 e. The van der Waals surface area contributed by atoms with Crippen LogP contribution in [0.15, 0.2) is 34.9 Å². The standard InChI is InChI=1S/C21H32N6OS/c1-3-22-21(27-10-11-28-19(16-27)17-13-24-25(2)15-17)23-14-18(20-7-6-12-29-20)26-8-4-5-9-26/h6-7,12-13,15,18-19H,3-5,8-11,14,16H2,1-2H3,(H,22,23). The van der Waals surface area contributed by atoms with Crippen LogP contribution in [-0.2, 0) is 11.8 Å². The zero-order valence-electron chi connectivity index (χ0n) is 17.5. The van der Waals surface area contributed by atoms with Gasteiger partial charge in [-0.2, -0.15) is 5.10 Å². The Morgan fingerprint density at radius 1 is 1.38 bits per heavy atom. The van der Waals surface area contributed by atoms with E-state index in [0.717, 1.165) is 37.7 Å². The number of nitrogens with one attached hydrogen (secondary N) is 1. The van der Waals surface area contributed by atoms with Gasteiger partial charge < -0.3 is 15.0 Å². The van der Waals surface area contributed by atoms with E-state index in [0.29, 0.717) is 12.6 Å². The third kappa shape index (κ3) is 4.99. The van der Waals surface area contributed by atoms with Gasteiger partial charge in [-0.05, 0) is 44.3 Å². The molecule has 0 aromatic carbocycles. The van der Waals surface area contributed by atoms with E-state index in [4.69, 9.17) is 9.73 Å². The molecule has 8 heteroatoms. The molecule has 1 N–H and O–H groups in total. The molecule has 0 bridgehead atoms. The van der Waals surface area contributed by atoms with Crippen LogP contribution in [0.5, 0.6) is 0 Å². The lowest BCUT2D eigenvalue weighted by atomic mass is 10.1. The highest BCUT2D eigenvalue weighted by Crippen LogP contribution is 2.29. The second kappa shape index (κ2) is 9.73. The number of hydrogen-bond acceptors (Lipinski definition) is 5. The number of morpholine rings is 1. The summed E-state index contributed by atoms with van der Waals surface area (Å²) in [7, 11) is 1.94. The van der Waals surface area contributed by atoms with E-state index in [-0.39, 0.29) is 6.10 Å². The lowest BCUT2D eigenvalue weighted by Gasteiger charge is -2.35. The first-order valence-corrected chi connectivity index (χ1v) is 11.5. The number of ether oxygens (including phenoxy) is 1. The average Bonchev–Trinajstić information content (AvgIpc) is 3.51. The highest BCUT2D eigenvalue weighted by molar-refractivity contribution is 7.10. The van der Waals surface area contributed by atoms with Gasteiger partial charge in [-0.3, -0.25) is 14.6 Å². The molecule has 4 rings (SSSR count).